The van der Waals surface area contributed by atoms with Crippen LogP contribution in [0.25, 0.3) is 10.9 Å². The Bertz CT molecular complexity index is 1390. The minimum atomic E-state index is -4.82. The first-order valence-corrected chi connectivity index (χ1v) is 11.9. The topological polar surface area (TPSA) is 122 Å². The van der Waals surface area contributed by atoms with Crippen LogP contribution in [0.1, 0.15) is 17.7 Å². The van der Waals surface area contributed by atoms with Crippen LogP contribution >= 0.6 is 0 Å². The molecule has 0 spiro atoms. The Morgan fingerprint density at radius 3 is 2.26 bits per heavy atom. The number of carbonyl (C=O) groups is 1. The number of hydrogen-bond donors (Lipinski definition) is 1. The van der Waals surface area contributed by atoms with Crippen LogP contribution in [0.4, 0.5) is 32.3 Å². The largest absolute Gasteiger partial charge is 0.435 e. The van der Waals surface area contributed by atoms with E-state index in [1.54, 1.807) is 4.90 Å². The fourth-order valence-corrected chi connectivity index (χ4v) is 4.97. The van der Waals surface area contributed by atoms with E-state index < -0.39 is 34.6 Å². The van der Waals surface area contributed by atoms with E-state index in [-0.39, 0.29) is 55.4 Å². The van der Waals surface area contributed by atoms with Crippen molar-refractivity contribution in [3.63, 3.8) is 0 Å². The zero-order valence-electron chi connectivity index (χ0n) is 20.2. The molecular weight excluding hydrogens is 538 g/mol. The molecular formula is C22H22F6N8O3. The summed E-state index contributed by atoms with van der Waals surface area (Å²) in [7, 11) is 0. The number of ether oxygens (including phenoxy) is 1. The van der Waals surface area contributed by atoms with Crippen molar-refractivity contribution in [2.75, 3.05) is 44.3 Å². The van der Waals surface area contributed by atoms with Gasteiger partial charge in [-0.3, -0.25) is 14.3 Å². The SMILES string of the molecule is O=C(CCOCCn1nc(C(F)(F)F)c2c(=O)[nH]ncc21)N1C[C@@H]2CN(c3ncc(C(F)(F)F)cn3)C[C@@H]2C1. The monoisotopic (exact) mass is 560 g/mol. The molecule has 0 unspecified atom stereocenters. The Kier molecular flexibility index (Phi) is 6.94. The number of nitrogens with one attached hydrogen (secondary N) is 1. The summed E-state index contributed by atoms with van der Waals surface area (Å²) in [6, 6.07) is 0. The predicted molar refractivity (Wildman–Crippen MR) is 121 cm³/mol. The summed E-state index contributed by atoms with van der Waals surface area (Å²) < 4.78 is 84.4. The summed E-state index contributed by atoms with van der Waals surface area (Å²) >= 11 is 0. The van der Waals surface area contributed by atoms with Gasteiger partial charge >= 0.3 is 12.4 Å². The molecule has 0 aliphatic carbocycles. The van der Waals surface area contributed by atoms with Crippen molar-refractivity contribution in [2.45, 2.75) is 25.3 Å². The van der Waals surface area contributed by atoms with Gasteiger partial charge in [-0.1, -0.05) is 0 Å². The van der Waals surface area contributed by atoms with Gasteiger partial charge in [0.05, 0.1) is 43.5 Å². The molecule has 3 aromatic rings. The molecule has 2 aliphatic rings. The van der Waals surface area contributed by atoms with E-state index in [4.69, 9.17) is 4.74 Å². The number of amides is 1. The van der Waals surface area contributed by atoms with E-state index in [1.807, 2.05) is 10.00 Å². The summed E-state index contributed by atoms with van der Waals surface area (Å²) in [5.74, 6) is 0.347. The summed E-state index contributed by atoms with van der Waals surface area (Å²) in [5.41, 5.74) is -3.30. The highest BCUT2D eigenvalue weighted by Crippen LogP contribution is 2.34. The van der Waals surface area contributed by atoms with Crippen molar-refractivity contribution in [3.8, 4) is 0 Å². The van der Waals surface area contributed by atoms with Crippen LogP contribution in [-0.2, 0) is 28.4 Å². The third-order valence-corrected chi connectivity index (χ3v) is 6.84. The summed E-state index contributed by atoms with van der Waals surface area (Å²) in [6.45, 7) is 1.93. The van der Waals surface area contributed by atoms with Crippen LogP contribution in [0.5, 0.6) is 0 Å². The molecule has 1 amide bonds. The van der Waals surface area contributed by atoms with E-state index in [2.05, 4.69) is 20.2 Å². The Labute approximate surface area is 215 Å². The van der Waals surface area contributed by atoms with Crippen molar-refractivity contribution < 1.29 is 35.9 Å². The molecule has 5 rings (SSSR count). The molecule has 17 heteroatoms. The number of aromatic amines is 1. The summed E-state index contributed by atoms with van der Waals surface area (Å²) in [5, 5.41) is 8.41. The summed E-state index contributed by atoms with van der Waals surface area (Å²) in [6.07, 6.45) is -6.66. The fraction of sp³-hybridized carbons (Fsp3) is 0.545. The van der Waals surface area contributed by atoms with E-state index in [1.165, 1.54) is 0 Å². The number of hydrogen-bond acceptors (Lipinski definition) is 8. The number of alkyl halides is 6. The molecule has 1 N–H and O–H groups in total. The van der Waals surface area contributed by atoms with Crippen molar-refractivity contribution in [3.05, 3.63) is 40.2 Å². The van der Waals surface area contributed by atoms with Gasteiger partial charge in [-0.2, -0.15) is 36.5 Å². The Morgan fingerprint density at radius 1 is 0.974 bits per heavy atom. The first-order valence-electron chi connectivity index (χ1n) is 11.9. The van der Waals surface area contributed by atoms with Crippen LogP contribution in [-0.4, -0.2) is 80.1 Å². The normalized spacial score (nSPS) is 19.7. The van der Waals surface area contributed by atoms with E-state index in [9.17, 15) is 35.9 Å². The van der Waals surface area contributed by atoms with Crippen LogP contribution in [0, 0.1) is 11.8 Å². The van der Waals surface area contributed by atoms with Crippen LogP contribution in [0.2, 0.25) is 0 Å². The van der Waals surface area contributed by atoms with Gasteiger partial charge in [0.1, 0.15) is 5.39 Å². The highest BCUT2D eigenvalue weighted by atomic mass is 19.4. The standard InChI is InChI=1S/C22H22F6N8O3/c23-21(24,25)14-5-29-20(30-6-14)35-10-12-8-34(9-13(12)11-35)16(37)1-3-39-4-2-36-15-7-31-32-19(38)17(15)18(33-36)22(26,27)28/h5-7,12-13H,1-4,8-11H2,(H,32,38)/t12-,13+. The fourth-order valence-electron chi connectivity index (χ4n) is 4.97. The maximum atomic E-state index is 13.3. The molecule has 0 saturated carbocycles. The second-order valence-electron chi connectivity index (χ2n) is 9.38. The van der Waals surface area contributed by atoms with Gasteiger partial charge in [0.25, 0.3) is 5.56 Å². The molecule has 0 radical (unpaired) electrons. The van der Waals surface area contributed by atoms with Gasteiger partial charge in [-0.05, 0) is 0 Å². The number of halogens is 6. The van der Waals surface area contributed by atoms with Crippen molar-refractivity contribution in [1.29, 1.82) is 0 Å². The first kappa shape index (κ1) is 26.8. The Balaban J connectivity index is 1.07. The number of anilines is 1. The maximum Gasteiger partial charge on any atom is 0.435 e. The highest BCUT2D eigenvalue weighted by molar-refractivity contribution is 5.80. The molecule has 2 atom stereocenters. The zero-order valence-corrected chi connectivity index (χ0v) is 20.2. The Hall–Kier alpha value is -3.76. The molecule has 2 aliphatic heterocycles. The van der Waals surface area contributed by atoms with Crippen LogP contribution in [0.3, 0.4) is 0 Å². The van der Waals surface area contributed by atoms with E-state index in [0.29, 0.717) is 26.2 Å². The molecule has 3 aromatic heterocycles. The molecule has 0 aromatic carbocycles. The third kappa shape index (κ3) is 5.53. The molecule has 210 valence electrons. The predicted octanol–water partition coefficient (Wildman–Crippen LogP) is 1.95. The summed E-state index contributed by atoms with van der Waals surface area (Å²) in [4.78, 5) is 35.7. The molecule has 11 nitrogen and oxygen atoms in total. The average Bonchev–Trinajstić information content (AvgIpc) is 3.55. The van der Waals surface area contributed by atoms with E-state index >= 15 is 0 Å². The Morgan fingerprint density at radius 2 is 1.64 bits per heavy atom. The number of nitrogens with zero attached hydrogens (tertiary/aromatic N) is 7. The van der Waals surface area contributed by atoms with Crippen molar-refractivity contribution in [2.24, 2.45) is 11.8 Å². The second kappa shape index (κ2) is 10.1. The molecule has 0 bridgehead atoms. The minimum Gasteiger partial charge on any atom is -0.379 e. The quantitative estimate of drug-likeness (QED) is 0.344. The lowest BCUT2D eigenvalue weighted by atomic mass is 10.0. The van der Waals surface area contributed by atoms with Crippen LogP contribution < -0.4 is 10.5 Å². The molecule has 5 heterocycles. The maximum absolute atomic E-state index is 13.3. The van der Waals surface area contributed by atoms with Gasteiger partial charge < -0.3 is 14.5 Å². The van der Waals surface area contributed by atoms with Gasteiger partial charge in [0, 0.05) is 50.4 Å². The van der Waals surface area contributed by atoms with Gasteiger partial charge in [-0.15, -0.1) is 0 Å². The lowest BCUT2D eigenvalue weighted by Gasteiger charge is -2.22. The second-order valence-corrected chi connectivity index (χ2v) is 9.38. The first-order chi connectivity index (χ1) is 18.4. The number of fused-ring (bicyclic) bond motifs is 2. The minimum absolute atomic E-state index is 0.0402. The number of likely N-dealkylation sites (tertiary alicyclic amines) is 1. The average molecular weight is 560 g/mol. The number of carbonyl (C=O) groups excluding carboxylic acids is 1. The molecule has 39 heavy (non-hydrogen) atoms. The van der Waals surface area contributed by atoms with Gasteiger partial charge in [0.15, 0.2) is 5.69 Å². The van der Waals surface area contributed by atoms with Crippen molar-refractivity contribution in [1.82, 2.24) is 34.8 Å². The zero-order chi connectivity index (χ0) is 27.9. The van der Waals surface area contributed by atoms with E-state index in [0.717, 1.165) is 23.3 Å². The highest BCUT2D eigenvalue weighted by Gasteiger charge is 2.42. The van der Waals surface area contributed by atoms with Crippen molar-refractivity contribution >= 4 is 22.8 Å². The third-order valence-electron chi connectivity index (χ3n) is 6.84. The van der Waals surface area contributed by atoms with Gasteiger partial charge in [0.2, 0.25) is 11.9 Å². The van der Waals surface area contributed by atoms with Gasteiger partial charge in [-0.25, -0.2) is 15.1 Å². The lowest BCUT2D eigenvalue weighted by Crippen LogP contribution is -2.34. The molecule has 2 saturated heterocycles. The number of H-pyrrole nitrogens is 1. The smallest absolute Gasteiger partial charge is 0.379 e. The molecule has 2 fully saturated rings. The number of rotatable bonds is 7. The number of aromatic nitrogens is 6. The lowest BCUT2D eigenvalue weighted by molar-refractivity contribution is -0.140. The van der Waals surface area contributed by atoms with Crippen LogP contribution in [0.15, 0.2) is 23.4 Å².